The third-order valence-corrected chi connectivity index (χ3v) is 8.23. The molecule has 2 aromatic carbocycles. The van der Waals surface area contributed by atoms with Gasteiger partial charge >= 0.3 is 0 Å². The molecule has 0 aliphatic carbocycles. The van der Waals surface area contributed by atoms with Gasteiger partial charge in [0.15, 0.2) is 0 Å². The van der Waals surface area contributed by atoms with Crippen LogP contribution >= 0.6 is 11.3 Å². The quantitative estimate of drug-likeness (QED) is 0.257. The molecule has 7 nitrogen and oxygen atoms in total. The highest BCUT2D eigenvalue weighted by molar-refractivity contribution is 7.16. The molecule has 1 aliphatic rings. The zero-order valence-corrected chi connectivity index (χ0v) is 23.4. The van der Waals surface area contributed by atoms with Gasteiger partial charge in [-0.25, -0.2) is 19.9 Å². The number of nitrogens with one attached hydrogen (secondary N) is 1. The molecule has 0 spiro atoms. The van der Waals surface area contributed by atoms with Crippen LogP contribution in [0.5, 0.6) is 0 Å². The van der Waals surface area contributed by atoms with E-state index in [4.69, 9.17) is 9.97 Å². The number of piperazine rings is 1. The molecule has 6 rings (SSSR count). The Balaban J connectivity index is 1.17. The molecule has 5 aromatic rings. The predicted octanol–water partition coefficient (Wildman–Crippen LogP) is 6.44. The Morgan fingerprint density at radius 3 is 2.54 bits per heavy atom. The molecule has 1 aliphatic heterocycles. The average Bonchev–Trinajstić information content (AvgIpc) is 3.45. The normalized spacial score (nSPS) is 15.0. The second kappa shape index (κ2) is 11.1. The van der Waals surface area contributed by atoms with Gasteiger partial charge in [0.1, 0.15) is 17.5 Å². The lowest BCUT2D eigenvalue weighted by Crippen LogP contribution is -2.46. The van der Waals surface area contributed by atoms with Crippen LogP contribution in [0.3, 0.4) is 0 Å². The molecule has 8 heteroatoms. The van der Waals surface area contributed by atoms with Gasteiger partial charge in [0.05, 0.1) is 21.4 Å². The highest BCUT2D eigenvalue weighted by atomic mass is 32.1. The second-order valence-electron chi connectivity index (χ2n) is 10.0. The molecule has 4 heterocycles. The van der Waals surface area contributed by atoms with Crippen molar-refractivity contribution in [1.82, 2.24) is 24.8 Å². The second-order valence-corrected chi connectivity index (χ2v) is 10.9. The minimum atomic E-state index is 0.0677. The number of aromatic nitrogens is 4. The Morgan fingerprint density at radius 1 is 0.897 bits per heavy atom. The molecular weight excluding hydrogens is 502 g/mol. The van der Waals surface area contributed by atoms with Gasteiger partial charge in [-0.1, -0.05) is 31.2 Å². The first-order chi connectivity index (χ1) is 19.1. The van der Waals surface area contributed by atoms with Crippen molar-refractivity contribution in [1.29, 1.82) is 0 Å². The van der Waals surface area contributed by atoms with Crippen LogP contribution in [0, 0.1) is 6.92 Å². The van der Waals surface area contributed by atoms with Crippen LogP contribution in [0.25, 0.3) is 32.6 Å². The summed E-state index contributed by atoms with van der Waals surface area (Å²) in [5.41, 5.74) is 8.34. The van der Waals surface area contributed by atoms with Crippen LogP contribution in [0.2, 0.25) is 0 Å². The lowest BCUT2D eigenvalue weighted by molar-refractivity contribution is 0.270. The molecule has 39 heavy (non-hydrogen) atoms. The Kier molecular flexibility index (Phi) is 7.22. The van der Waals surface area contributed by atoms with Crippen LogP contribution in [0.4, 0.5) is 11.6 Å². The lowest BCUT2D eigenvalue weighted by Gasteiger charge is -2.34. The summed E-state index contributed by atoms with van der Waals surface area (Å²) in [6, 6.07) is 21.4. The number of anilines is 2. The van der Waals surface area contributed by atoms with Gasteiger partial charge in [-0.15, -0.1) is 11.3 Å². The molecule has 0 amide bonds. The molecule has 1 fully saturated rings. The molecule has 3 aromatic heterocycles. The number of pyridine rings is 1. The Labute approximate surface area is 233 Å². The molecule has 0 radical (unpaired) electrons. The summed E-state index contributed by atoms with van der Waals surface area (Å²) in [6.45, 7) is 11.7. The van der Waals surface area contributed by atoms with Gasteiger partial charge in [0.25, 0.3) is 0 Å². The van der Waals surface area contributed by atoms with Crippen molar-refractivity contribution >= 4 is 33.2 Å². The van der Waals surface area contributed by atoms with Crippen molar-refractivity contribution in [2.24, 2.45) is 0 Å². The first-order valence-electron chi connectivity index (χ1n) is 13.6. The fourth-order valence-corrected chi connectivity index (χ4v) is 5.85. The van der Waals surface area contributed by atoms with E-state index in [2.05, 4.69) is 87.5 Å². The fraction of sp³-hybridized carbons (Fsp3) is 0.290. The van der Waals surface area contributed by atoms with E-state index in [0.29, 0.717) is 0 Å². The number of benzene rings is 2. The maximum absolute atomic E-state index is 4.81. The topological polar surface area (TPSA) is 70.1 Å². The van der Waals surface area contributed by atoms with E-state index in [0.717, 1.165) is 82.8 Å². The highest BCUT2D eigenvalue weighted by Gasteiger charge is 2.17. The number of nitrogens with zero attached hydrogens (tertiary/aromatic N) is 6. The molecular formula is C31H33N7S. The smallest absolute Gasteiger partial charge is 0.130 e. The third-order valence-electron chi connectivity index (χ3n) is 7.44. The maximum Gasteiger partial charge on any atom is 0.130 e. The van der Waals surface area contributed by atoms with Crippen molar-refractivity contribution < 1.29 is 0 Å². The van der Waals surface area contributed by atoms with Crippen molar-refractivity contribution in [3.8, 4) is 22.4 Å². The van der Waals surface area contributed by atoms with Crippen LogP contribution in [0.15, 0.2) is 72.4 Å². The van der Waals surface area contributed by atoms with Gasteiger partial charge in [0.2, 0.25) is 0 Å². The molecule has 1 N–H and O–H groups in total. The van der Waals surface area contributed by atoms with Crippen LogP contribution in [0.1, 0.15) is 31.3 Å². The summed E-state index contributed by atoms with van der Waals surface area (Å²) in [5, 5.41) is 3.59. The van der Waals surface area contributed by atoms with E-state index in [1.807, 2.05) is 30.8 Å². The lowest BCUT2D eigenvalue weighted by atomic mass is 10.0. The van der Waals surface area contributed by atoms with Gasteiger partial charge in [-0.3, -0.25) is 0 Å². The van der Waals surface area contributed by atoms with Gasteiger partial charge < -0.3 is 15.1 Å². The number of hydrogen-bond donors (Lipinski definition) is 1. The summed E-state index contributed by atoms with van der Waals surface area (Å²) >= 11 is 1.64. The van der Waals surface area contributed by atoms with E-state index in [-0.39, 0.29) is 6.04 Å². The van der Waals surface area contributed by atoms with E-state index >= 15 is 0 Å². The first kappa shape index (κ1) is 25.4. The minimum Gasteiger partial charge on any atom is -0.363 e. The number of hydrogen-bond acceptors (Lipinski definition) is 8. The average molecular weight is 536 g/mol. The summed E-state index contributed by atoms with van der Waals surface area (Å²) in [6.07, 6.45) is 2.00. The van der Waals surface area contributed by atoms with E-state index in [1.54, 1.807) is 11.3 Å². The Morgan fingerprint density at radius 2 is 1.74 bits per heavy atom. The largest absolute Gasteiger partial charge is 0.363 e. The van der Waals surface area contributed by atoms with Crippen LogP contribution in [-0.2, 0) is 0 Å². The zero-order valence-electron chi connectivity index (χ0n) is 22.6. The number of aryl methyl sites for hydroxylation is 1. The van der Waals surface area contributed by atoms with E-state index in [9.17, 15) is 0 Å². The van der Waals surface area contributed by atoms with Crippen molar-refractivity contribution in [2.75, 3.05) is 42.9 Å². The van der Waals surface area contributed by atoms with E-state index < -0.39 is 0 Å². The molecule has 0 saturated carbocycles. The SMILES string of the molecule is CCN1CCN(c2ccc(-c3cccc(C(C)Nc4cc(-c5ccc6ncsc6c5)nc(C)n4)c3)cn2)CC1. The Bertz CT molecular complexity index is 1570. The Hall–Kier alpha value is -3.88. The number of thiazole rings is 1. The highest BCUT2D eigenvalue weighted by Crippen LogP contribution is 2.29. The summed E-state index contributed by atoms with van der Waals surface area (Å²) in [5.74, 6) is 2.61. The summed E-state index contributed by atoms with van der Waals surface area (Å²) < 4.78 is 1.16. The predicted molar refractivity (Wildman–Crippen MR) is 161 cm³/mol. The maximum atomic E-state index is 4.81. The number of rotatable bonds is 7. The van der Waals surface area contributed by atoms with Crippen LogP contribution in [-0.4, -0.2) is 57.6 Å². The van der Waals surface area contributed by atoms with Gasteiger partial charge in [0, 0.05) is 55.6 Å². The fourth-order valence-electron chi connectivity index (χ4n) is 5.13. The summed E-state index contributed by atoms with van der Waals surface area (Å²) in [7, 11) is 0. The first-order valence-corrected chi connectivity index (χ1v) is 14.4. The van der Waals surface area contributed by atoms with Crippen molar-refractivity contribution in [2.45, 2.75) is 26.8 Å². The zero-order chi connectivity index (χ0) is 26.8. The molecule has 1 atom stereocenters. The van der Waals surface area contributed by atoms with Crippen molar-refractivity contribution in [3.63, 3.8) is 0 Å². The monoisotopic (exact) mass is 535 g/mol. The molecule has 0 bridgehead atoms. The summed E-state index contributed by atoms with van der Waals surface area (Å²) in [4.78, 5) is 23.4. The molecule has 1 unspecified atom stereocenters. The number of likely N-dealkylation sites (N-methyl/N-ethyl adjacent to an activating group) is 1. The van der Waals surface area contributed by atoms with E-state index in [1.165, 1.54) is 5.56 Å². The number of fused-ring (bicyclic) bond motifs is 1. The van der Waals surface area contributed by atoms with Crippen LogP contribution < -0.4 is 10.2 Å². The molecule has 1 saturated heterocycles. The minimum absolute atomic E-state index is 0.0677. The molecule has 198 valence electrons. The standard InChI is InChI=1S/C31H33N7S/c1-4-37-12-14-38(15-13-37)31-11-9-26(19-32-31)24-7-5-6-23(16-24)21(2)34-30-18-28(35-22(3)36-30)25-8-10-27-29(17-25)39-20-33-27/h5-11,16-21H,4,12-15H2,1-3H3,(H,34,35,36). The van der Waals surface area contributed by atoms with Gasteiger partial charge in [-0.05, 0) is 61.9 Å². The third kappa shape index (κ3) is 5.62. The van der Waals surface area contributed by atoms with Gasteiger partial charge in [-0.2, -0.15) is 0 Å². The van der Waals surface area contributed by atoms with Crippen molar-refractivity contribution in [3.05, 3.63) is 83.8 Å².